The van der Waals surface area contributed by atoms with Gasteiger partial charge >= 0.3 is 5.97 Å². The van der Waals surface area contributed by atoms with Crippen molar-refractivity contribution in [1.82, 2.24) is 10.6 Å². The van der Waals surface area contributed by atoms with Crippen LogP contribution in [-0.2, 0) is 15.0 Å². The molecule has 0 fully saturated rings. The van der Waals surface area contributed by atoms with Crippen LogP contribution in [0.3, 0.4) is 0 Å². The molecule has 0 saturated heterocycles. The van der Waals surface area contributed by atoms with Crippen molar-refractivity contribution in [3.8, 4) is 0 Å². The highest BCUT2D eigenvalue weighted by molar-refractivity contribution is 9.10. The van der Waals surface area contributed by atoms with Crippen molar-refractivity contribution in [2.75, 3.05) is 11.9 Å². The summed E-state index contributed by atoms with van der Waals surface area (Å²) in [6.07, 6.45) is -0.307. The standard InChI is InChI=1S/C23H28BrN5O4/c1-23(2,3)15-7-14(8-16(24)10-15)18(11-20(31)32)29-19(30)12-27-21(33)13-5-4-6-17(9-13)28-22(25)26/h4-10,18H,11-12H2,1-3H3,(H,27,33)(H,29,30)(H,31,32)(H4,25,26,28). The predicted octanol–water partition coefficient (Wildman–Crippen LogP) is 3.11. The van der Waals surface area contributed by atoms with Gasteiger partial charge in [-0.1, -0.05) is 48.8 Å². The zero-order valence-electron chi connectivity index (χ0n) is 18.7. The molecule has 2 amide bonds. The second-order valence-electron chi connectivity index (χ2n) is 8.54. The molecule has 0 bridgehead atoms. The molecule has 0 aromatic heterocycles. The number of amides is 2. The van der Waals surface area contributed by atoms with Crippen LogP contribution in [0.2, 0.25) is 0 Å². The molecule has 0 aliphatic rings. The molecule has 33 heavy (non-hydrogen) atoms. The average Bonchev–Trinajstić information content (AvgIpc) is 2.69. The van der Waals surface area contributed by atoms with E-state index in [1.165, 1.54) is 6.07 Å². The van der Waals surface area contributed by atoms with E-state index in [1.54, 1.807) is 24.3 Å². The minimum atomic E-state index is -1.06. The Hall–Kier alpha value is -3.40. The fraction of sp³-hybridized carbons (Fsp3) is 0.304. The summed E-state index contributed by atoms with van der Waals surface area (Å²) in [5, 5.41) is 24.4. The van der Waals surface area contributed by atoms with Crippen LogP contribution < -0.4 is 21.7 Å². The number of carbonyl (C=O) groups is 3. The minimum absolute atomic E-state index is 0.171. The third-order valence-electron chi connectivity index (χ3n) is 4.72. The number of aliphatic carboxylic acids is 1. The largest absolute Gasteiger partial charge is 0.481 e. The number of carbonyl (C=O) groups excluding carboxylic acids is 2. The Balaban J connectivity index is 2.11. The van der Waals surface area contributed by atoms with Gasteiger partial charge in [-0.25, -0.2) is 0 Å². The molecule has 7 N–H and O–H groups in total. The highest BCUT2D eigenvalue weighted by atomic mass is 79.9. The van der Waals surface area contributed by atoms with Gasteiger partial charge in [0.15, 0.2) is 5.96 Å². The van der Waals surface area contributed by atoms with E-state index in [1.807, 2.05) is 32.9 Å². The molecular formula is C23H28BrN5O4. The lowest BCUT2D eigenvalue weighted by molar-refractivity contribution is -0.137. The Morgan fingerprint density at radius 2 is 1.85 bits per heavy atom. The average molecular weight is 518 g/mol. The van der Waals surface area contributed by atoms with Crippen LogP contribution in [0, 0.1) is 5.41 Å². The number of anilines is 1. The molecule has 0 radical (unpaired) electrons. The molecule has 2 rings (SSSR count). The zero-order valence-corrected chi connectivity index (χ0v) is 20.2. The molecule has 1 unspecified atom stereocenters. The Bertz CT molecular complexity index is 1070. The van der Waals surface area contributed by atoms with E-state index < -0.39 is 23.8 Å². The molecule has 2 aromatic rings. The van der Waals surface area contributed by atoms with Gasteiger partial charge < -0.3 is 26.8 Å². The molecule has 0 aliphatic carbocycles. The summed E-state index contributed by atoms with van der Waals surface area (Å²) in [7, 11) is 0. The van der Waals surface area contributed by atoms with Crippen LogP contribution in [0.15, 0.2) is 46.9 Å². The number of hydrogen-bond donors (Lipinski definition) is 6. The van der Waals surface area contributed by atoms with E-state index in [2.05, 4.69) is 31.9 Å². The maximum atomic E-state index is 12.5. The van der Waals surface area contributed by atoms with Crippen LogP contribution >= 0.6 is 15.9 Å². The van der Waals surface area contributed by atoms with Crippen LogP contribution in [-0.4, -0.2) is 35.4 Å². The first kappa shape index (κ1) is 25.9. The summed E-state index contributed by atoms with van der Waals surface area (Å²) in [6.45, 7) is 5.79. The zero-order chi connectivity index (χ0) is 24.8. The number of guanidine groups is 1. The van der Waals surface area contributed by atoms with E-state index in [4.69, 9.17) is 11.1 Å². The number of halogens is 1. The van der Waals surface area contributed by atoms with Gasteiger partial charge in [0.05, 0.1) is 19.0 Å². The highest BCUT2D eigenvalue weighted by Crippen LogP contribution is 2.30. The molecule has 2 aromatic carbocycles. The monoisotopic (exact) mass is 517 g/mol. The first-order valence-corrected chi connectivity index (χ1v) is 11.0. The lowest BCUT2D eigenvalue weighted by Crippen LogP contribution is -2.39. The summed E-state index contributed by atoms with van der Waals surface area (Å²) < 4.78 is 0.780. The van der Waals surface area contributed by atoms with Crippen molar-refractivity contribution < 1.29 is 19.5 Å². The first-order chi connectivity index (χ1) is 15.3. The third-order valence-corrected chi connectivity index (χ3v) is 5.17. The van der Waals surface area contributed by atoms with Crippen molar-refractivity contribution in [2.24, 2.45) is 5.73 Å². The fourth-order valence-corrected chi connectivity index (χ4v) is 3.59. The van der Waals surface area contributed by atoms with Gasteiger partial charge in [-0.2, -0.15) is 0 Å². The minimum Gasteiger partial charge on any atom is -0.481 e. The maximum Gasteiger partial charge on any atom is 0.305 e. The predicted molar refractivity (Wildman–Crippen MR) is 130 cm³/mol. The van der Waals surface area contributed by atoms with E-state index in [-0.39, 0.29) is 29.9 Å². The number of carboxylic acid groups (broad SMARTS) is 1. The van der Waals surface area contributed by atoms with Crippen molar-refractivity contribution in [3.63, 3.8) is 0 Å². The summed E-state index contributed by atoms with van der Waals surface area (Å²) in [6, 6.07) is 11.2. The second kappa shape index (κ2) is 11.0. The van der Waals surface area contributed by atoms with Gasteiger partial charge in [-0.3, -0.25) is 19.8 Å². The van der Waals surface area contributed by atoms with Crippen molar-refractivity contribution >= 4 is 45.4 Å². The van der Waals surface area contributed by atoms with Crippen molar-refractivity contribution in [2.45, 2.75) is 38.6 Å². The van der Waals surface area contributed by atoms with Crippen LogP contribution in [0.1, 0.15) is 54.7 Å². The van der Waals surface area contributed by atoms with Crippen LogP contribution in [0.5, 0.6) is 0 Å². The summed E-state index contributed by atoms with van der Waals surface area (Å²) >= 11 is 3.46. The summed E-state index contributed by atoms with van der Waals surface area (Å²) in [5.41, 5.74) is 7.50. The molecule has 0 aliphatic heterocycles. The smallest absolute Gasteiger partial charge is 0.305 e. The Morgan fingerprint density at radius 1 is 1.15 bits per heavy atom. The second-order valence-corrected chi connectivity index (χ2v) is 9.46. The molecular weight excluding hydrogens is 490 g/mol. The number of rotatable bonds is 8. The van der Waals surface area contributed by atoms with Gasteiger partial charge in [0.25, 0.3) is 5.91 Å². The summed E-state index contributed by atoms with van der Waals surface area (Å²) in [4.78, 5) is 36.4. The molecule has 176 valence electrons. The lowest BCUT2D eigenvalue weighted by atomic mass is 9.85. The Labute approximate surface area is 200 Å². The van der Waals surface area contributed by atoms with Crippen molar-refractivity contribution in [1.29, 1.82) is 5.41 Å². The molecule has 10 heteroatoms. The van der Waals surface area contributed by atoms with E-state index in [9.17, 15) is 19.5 Å². The van der Waals surface area contributed by atoms with Gasteiger partial charge in [-0.05, 0) is 46.9 Å². The maximum absolute atomic E-state index is 12.5. The number of benzene rings is 2. The fourth-order valence-electron chi connectivity index (χ4n) is 3.08. The molecule has 0 spiro atoms. The molecule has 0 heterocycles. The van der Waals surface area contributed by atoms with Gasteiger partial charge in [0.1, 0.15) is 0 Å². The molecule has 0 saturated carbocycles. The van der Waals surface area contributed by atoms with E-state index in [0.717, 1.165) is 10.0 Å². The molecule has 9 nitrogen and oxygen atoms in total. The Morgan fingerprint density at radius 3 is 2.45 bits per heavy atom. The van der Waals surface area contributed by atoms with E-state index >= 15 is 0 Å². The number of carboxylic acids is 1. The first-order valence-electron chi connectivity index (χ1n) is 10.2. The van der Waals surface area contributed by atoms with Crippen LogP contribution in [0.4, 0.5) is 5.69 Å². The SMILES string of the molecule is CC(C)(C)c1cc(Br)cc(C(CC(=O)O)NC(=O)CNC(=O)c2cccc(NC(=N)N)c2)c1. The van der Waals surface area contributed by atoms with Gasteiger partial charge in [-0.15, -0.1) is 0 Å². The topological polar surface area (TPSA) is 157 Å². The van der Waals surface area contributed by atoms with E-state index in [0.29, 0.717) is 11.3 Å². The van der Waals surface area contributed by atoms with Crippen LogP contribution in [0.25, 0.3) is 0 Å². The van der Waals surface area contributed by atoms with Gasteiger partial charge in [0, 0.05) is 15.7 Å². The number of nitrogens with one attached hydrogen (secondary N) is 4. The molecule has 1 atom stereocenters. The third kappa shape index (κ3) is 8.23. The quantitative estimate of drug-likeness (QED) is 0.233. The highest BCUT2D eigenvalue weighted by Gasteiger charge is 2.22. The Kier molecular flexibility index (Phi) is 8.58. The summed E-state index contributed by atoms with van der Waals surface area (Å²) in [5.74, 6) is -2.34. The van der Waals surface area contributed by atoms with Crippen molar-refractivity contribution in [3.05, 3.63) is 63.6 Å². The lowest BCUT2D eigenvalue weighted by Gasteiger charge is -2.24. The van der Waals surface area contributed by atoms with Gasteiger partial charge in [0.2, 0.25) is 5.91 Å². The number of nitrogens with two attached hydrogens (primary N) is 1. The normalized spacial score (nSPS) is 11.9. The number of hydrogen-bond acceptors (Lipinski definition) is 4.